The van der Waals surface area contributed by atoms with Gasteiger partial charge in [-0.15, -0.1) is 0 Å². The Morgan fingerprint density at radius 2 is 1.70 bits per heavy atom. The van der Waals surface area contributed by atoms with Crippen molar-refractivity contribution in [1.82, 2.24) is 5.32 Å². The lowest BCUT2D eigenvalue weighted by Crippen LogP contribution is -2.35. The second kappa shape index (κ2) is 8.33. The zero-order valence-electron chi connectivity index (χ0n) is 16.4. The van der Waals surface area contributed by atoms with Crippen molar-refractivity contribution >= 4 is 5.91 Å². The topological polar surface area (TPSA) is 56.8 Å². The van der Waals surface area contributed by atoms with Crippen LogP contribution < -0.4 is 19.5 Å². The Morgan fingerprint density at radius 1 is 1.04 bits per heavy atom. The number of benzene rings is 2. The number of hydrogen-bond acceptors (Lipinski definition) is 4. The van der Waals surface area contributed by atoms with Crippen molar-refractivity contribution in [1.29, 1.82) is 0 Å². The Balaban J connectivity index is 1.66. The highest BCUT2D eigenvalue weighted by atomic mass is 16.6. The molecule has 0 saturated heterocycles. The first kappa shape index (κ1) is 19.1. The molecule has 3 rings (SSSR count). The van der Waals surface area contributed by atoms with Crippen LogP contribution in [0.2, 0.25) is 0 Å². The van der Waals surface area contributed by atoms with Crippen LogP contribution in [0.3, 0.4) is 0 Å². The lowest BCUT2D eigenvalue weighted by atomic mass is 9.95. The number of carbonyl (C=O) groups is 1. The third-order valence-corrected chi connectivity index (χ3v) is 4.47. The van der Waals surface area contributed by atoms with Gasteiger partial charge in [0.2, 0.25) is 0 Å². The molecule has 0 spiro atoms. The maximum absolute atomic E-state index is 12.5. The van der Waals surface area contributed by atoms with Gasteiger partial charge in [0.25, 0.3) is 5.91 Å². The summed E-state index contributed by atoms with van der Waals surface area (Å²) in [6, 6.07) is 11.6. The number of amides is 1. The lowest BCUT2D eigenvalue weighted by Gasteiger charge is -2.25. The maximum atomic E-state index is 12.5. The lowest BCUT2D eigenvalue weighted by molar-refractivity contribution is -0.124. The molecule has 1 N–H and O–H groups in total. The van der Waals surface area contributed by atoms with Crippen LogP contribution in [0.15, 0.2) is 36.4 Å². The highest BCUT2D eigenvalue weighted by Gasteiger charge is 2.21. The van der Waals surface area contributed by atoms with E-state index in [9.17, 15) is 4.79 Å². The molecule has 144 valence electrons. The van der Waals surface area contributed by atoms with E-state index in [-0.39, 0.29) is 24.5 Å². The van der Waals surface area contributed by atoms with Gasteiger partial charge in [0.1, 0.15) is 19.0 Å². The average molecular weight is 369 g/mol. The standard InChI is InChI=1S/C22H27NO4/c1-14(2)22(17-5-6-19-20(12-17)26-8-7-25-19)23-21(24)13-27-18-10-15(3)9-16(4)11-18/h5-6,9-12,14,22H,7-8,13H2,1-4H3,(H,23,24). The normalized spacial score (nSPS) is 14.0. The van der Waals surface area contributed by atoms with E-state index in [1.807, 2.05) is 44.2 Å². The fourth-order valence-electron chi connectivity index (χ4n) is 3.27. The quantitative estimate of drug-likeness (QED) is 0.837. The molecule has 0 fully saturated rings. The molecule has 1 amide bonds. The molecule has 2 aromatic carbocycles. The van der Waals surface area contributed by atoms with Crippen LogP contribution in [0.25, 0.3) is 0 Å². The number of aryl methyl sites for hydroxylation is 2. The van der Waals surface area contributed by atoms with Crippen molar-refractivity contribution in [2.45, 2.75) is 33.7 Å². The molecule has 2 aromatic rings. The van der Waals surface area contributed by atoms with Crippen LogP contribution in [-0.2, 0) is 4.79 Å². The van der Waals surface area contributed by atoms with Crippen molar-refractivity contribution in [2.24, 2.45) is 5.92 Å². The van der Waals surface area contributed by atoms with E-state index < -0.39 is 0 Å². The zero-order valence-corrected chi connectivity index (χ0v) is 16.4. The summed E-state index contributed by atoms with van der Waals surface area (Å²) in [5, 5.41) is 3.08. The van der Waals surface area contributed by atoms with Crippen molar-refractivity contribution in [3.63, 3.8) is 0 Å². The van der Waals surface area contributed by atoms with E-state index >= 15 is 0 Å². The first-order valence-corrected chi connectivity index (χ1v) is 9.32. The number of nitrogens with one attached hydrogen (secondary N) is 1. The minimum absolute atomic E-state index is 0.0172. The number of hydrogen-bond donors (Lipinski definition) is 1. The molecule has 5 nitrogen and oxygen atoms in total. The summed E-state index contributed by atoms with van der Waals surface area (Å²) in [4.78, 5) is 12.5. The molecule has 0 bridgehead atoms. The van der Waals surface area contributed by atoms with Crippen molar-refractivity contribution in [3.8, 4) is 17.2 Å². The third kappa shape index (κ3) is 4.94. The molecule has 0 radical (unpaired) electrons. The number of ether oxygens (including phenoxy) is 3. The van der Waals surface area contributed by atoms with Crippen LogP contribution >= 0.6 is 0 Å². The van der Waals surface area contributed by atoms with Crippen LogP contribution in [0.5, 0.6) is 17.2 Å². The van der Waals surface area contributed by atoms with E-state index in [0.29, 0.717) is 19.0 Å². The summed E-state index contributed by atoms with van der Waals surface area (Å²) in [7, 11) is 0. The number of rotatable bonds is 6. The molecular weight excluding hydrogens is 342 g/mol. The summed E-state index contributed by atoms with van der Waals surface area (Å²) in [5.74, 6) is 2.26. The second-order valence-corrected chi connectivity index (χ2v) is 7.30. The monoisotopic (exact) mass is 369 g/mol. The fourth-order valence-corrected chi connectivity index (χ4v) is 3.27. The van der Waals surface area contributed by atoms with Gasteiger partial charge < -0.3 is 19.5 Å². The van der Waals surface area contributed by atoms with Crippen LogP contribution in [0.1, 0.15) is 36.6 Å². The van der Waals surface area contributed by atoms with Gasteiger partial charge in [-0.2, -0.15) is 0 Å². The van der Waals surface area contributed by atoms with E-state index in [4.69, 9.17) is 14.2 Å². The Bertz CT molecular complexity index is 796. The summed E-state index contributed by atoms with van der Waals surface area (Å²) < 4.78 is 16.9. The van der Waals surface area contributed by atoms with Crippen molar-refractivity contribution in [2.75, 3.05) is 19.8 Å². The summed E-state index contributed by atoms with van der Waals surface area (Å²) in [5.41, 5.74) is 3.22. The van der Waals surface area contributed by atoms with Gasteiger partial charge in [0.05, 0.1) is 6.04 Å². The molecule has 1 aliphatic rings. The molecule has 1 atom stereocenters. The van der Waals surface area contributed by atoms with E-state index in [1.54, 1.807) is 0 Å². The Morgan fingerprint density at radius 3 is 2.37 bits per heavy atom. The highest BCUT2D eigenvalue weighted by Crippen LogP contribution is 2.34. The predicted molar refractivity (Wildman–Crippen MR) is 105 cm³/mol. The van der Waals surface area contributed by atoms with Crippen molar-refractivity contribution in [3.05, 3.63) is 53.1 Å². The van der Waals surface area contributed by atoms with Gasteiger partial charge in [0.15, 0.2) is 18.1 Å². The van der Waals surface area contributed by atoms with Gasteiger partial charge in [-0.1, -0.05) is 26.0 Å². The summed E-state index contributed by atoms with van der Waals surface area (Å²) >= 11 is 0. The van der Waals surface area contributed by atoms with Gasteiger partial charge >= 0.3 is 0 Å². The molecular formula is C22H27NO4. The molecule has 0 aromatic heterocycles. The minimum Gasteiger partial charge on any atom is -0.486 e. The van der Waals surface area contributed by atoms with Crippen LogP contribution in [0, 0.1) is 19.8 Å². The molecule has 1 aliphatic heterocycles. The first-order chi connectivity index (χ1) is 12.9. The molecule has 0 aliphatic carbocycles. The van der Waals surface area contributed by atoms with Gasteiger partial charge in [-0.05, 0) is 60.7 Å². The van der Waals surface area contributed by atoms with E-state index in [1.165, 1.54) is 0 Å². The Labute approximate surface area is 160 Å². The average Bonchev–Trinajstić information content (AvgIpc) is 2.63. The number of fused-ring (bicyclic) bond motifs is 1. The van der Waals surface area contributed by atoms with Gasteiger partial charge in [-0.3, -0.25) is 4.79 Å². The molecule has 1 heterocycles. The van der Waals surface area contributed by atoms with E-state index in [2.05, 4.69) is 25.2 Å². The van der Waals surface area contributed by atoms with Gasteiger partial charge in [-0.25, -0.2) is 0 Å². The minimum atomic E-state index is -0.150. The molecule has 5 heteroatoms. The highest BCUT2D eigenvalue weighted by molar-refractivity contribution is 5.78. The Kier molecular flexibility index (Phi) is 5.89. The molecule has 1 unspecified atom stereocenters. The maximum Gasteiger partial charge on any atom is 0.258 e. The zero-order chi connectivity index (χ0) is 19.4. The first-order valence-electron chi connectivity index (χ1n) is 9.32. The largest absolute Gasteiger partial charge is 0.486 e. The van der Waals surface area contributed by atoms with E-state index in [0.717, 1.165) is 28.2 Å². The molecule has 0 saturated carbocycles. The number of carbonyl (C=O) groups excluding carboxylic acids is 1. The molecule has 27 heavy (non-hydrogen) atoms. The predicted octanol–water partition coefficient (Wildman–Crippen LogP) is 3.97. The third-order valence-electron chi connectivity index (χ3n) is 4.47. The smallest absolute Gasteiger partial charge is 0.258 e. The summed E-state index contributed by atoms with van der Waals surface area (Å²) in [6.07, 6.45) is 0. The SMILES string of the molecule is Cc1cc(C)cc(OCC(=O)NC(c2ccc3c(c2)OCCO3)C(C)C)c1. The van der Waals surface area contributed by atoms with Crippen molar-refractivity contribution < 1.29 is 19.0 Å². The second-order valence-electron chi connectivity index (χ2n) is 7.30. The van der Waals surface area contributed by atoms with Gasteiger partial charge in [0, 0.05) is 0 Å². The van der Waals surface area contributed by atoms with Crippen LogP contribution in [-0.4, -0.2) is 25.7 Å². The Hall–Kier alpha value is -2.69. The summed E-state index contributed by atoms with van der Waals surface area (Å²) in [6.45, 7) is 9.26. The van der Waals surface area contributed by atoms with Crippen LogP contribution in [0.4, 0.5) is 0 Å². The fraction of sp³-hybridized carbons (Fsp3) is 0.409.